The first kappa shape index (κ1) is 16.4. The van der Waals surface area contributed by atoms with Crippen LogP contribution >= 0.6 is 15.9 Å². The van der Waals surface area contributed by atoms with Crippen molar-refractivity contribution >= 4 is 27.7 Å². The second-order valence-corrected chi connectivity index (χ2v) is 6.94. The summed E-state index contributed by atoms with van der Waals surface area (Å²) in [6, 6.07) is 4.95. The number of β-amino-alcohol motifs (C(OH)–C–C–N with tert-alkyl or cyclic N) is 2. The second-order valence-electron chi connectivity index (χ2n) is 6.08. The first-order valence-corrected chi connectivity index (χ1v) is 8.49. The van der Waals surface area contributed by atoms with E-state index in [-0.39, 0.29) is 11.8 Å². The molecule has 2 aliphatic heterocycles. The molecule has 2 fully saturated rings. The van der Waals surface area contributed by atoms with Crippen LogP contribution in [0.1, 0.15) is 33.6 Å². The largest absolute Gasteiger partial charge is 0.391 e. The van der Waals surface area contributed by atoms with Crippen molar-refractivity contribution < 1.29 is 19.8 Å². The highest BCUT2D eigenvalue weighted by molar-refractivity contribution is 9.10. The highest BCUT2D eigenvalue weighted by Crippen LogP contribution is 2.24. The number of likely N-dealkylation sites (tertiary alicyclic amines) is 2. The van der Waals surface area contributed by atoms with Crippen LogP contribution < -0.4 is 0 Å². The molecule has 6 nitrogen and oxygen atoms in total. The average molecular weight is 383 g/mol. The molecule has 2 saturated heterocycles. The number of hydrogen-bond donors (Lipinski definition) is 2. The number of aliphatic hydroxyl groups is 2. The predicted octanol–water partition coefficient (Wildman–Crippen LogP) is 0.863. The summed E-state index contributed by atoms with van der Waals surface area (Å²) in [6.07, 6.45) is 0.211. The third-order valence-electron chi connectivity index (χ3n) is 4.34. The molecule has 0 saturated carbocycles. The van der Waals surface area contributed by atoms with Gasteiger partial charge < -0.3 is 20.0 Å². The van der Waals surface area contributed by atoms with Gasteiger partial charge in [-0.3, -0.25) is 9.59 Å². The molecule has 0 bridgehead atoms. The molecule has 2 heterocycles. The lowest BCUT2D eigenvalue weighted by molar-refractivity contribution is 0.0761. The van der Waals surface area contributed by atoms with Crippen LogP contribution in [0.5, 0.6) is 0 Å². The molecule has 1 aromatic carbocycles. The Morgan fingerprint density at radius 1 is 1.00 bits per heavy atom. The van der Waals surface area contributed by atoms with Crippen LogP contribution in [-0.4, -0.2) is 70.2 Å². The van der Waals surface area contributed by atoms with Gasteiger partial charge in [-0.25, -0.2) is 0 Å². The fourth-order valence-electron chi connectivity index (χ4n) is 3.03. The Balaban J connectivity index is 1.81. The van der Waals surface area contributed by atoms with Gasteiger partial charge in [0.25, 0.3) is 11.8 Å². The highest BCUT2D eigenvalue weighted by atomic mass is 79.9. The second kappa shape index (κ2) is 6.59. The van der Waals surface area contributed by atoms with Crippen LogP contribution in [0.25, 0.3) is 0 Å². The van der Waals surface area contributed by atoms with Crippen LogP contribution in [0.2, 0.25) is 0 Å². The zero-order valence-corrected chi connectivity index (χ0v) is 14.2. The van der Waals surface area contributed by atoms with Gasteiger partial charge in [-0.1, -0.05) is 0 Å². The lowest BCUT2D eigenvalue weighted by atomic mass is 10.1. The summed E-state index contributed by atoms with van der Waals surface area (Å²) in [7, 11) is 0. The van der Waals surface area contributed by atoms with Crippen molar-refractivity contribution in [2.45, 2.75) is 25.0 Å². The van der Waals surface area contributed by atoms with E-state index in [9.17, 15) is 19.8 Å². The van der Waals surface area contributed by atoms with Gasteiger partial charge >= 0.3 is 0 Å². The number of carbonyl (C=O) groups excluding carboxylic acids is 2. The van der Waals surface area contributed by atoms with Gasteiger partial charge in [-0.05, 0) is 47.0 Å². The third kappa shape index (κ3) is 3.41. The highest BCUT2D eigenvalue weighted by Gasteiger charge is 2.29. The maximum Gasteiger partial charge on any atom is 0.255 e. The molecule has 0 unspecified atom stereocenters. The summed E-state index contributed by atoms with van der Waals surface area (Å²) in [6.45, 7) is 1.69. The Labute approximate surface area is 142 Å². The average Bonchev–Trinajstić information content (AvgIpc) is 3.15. The normalized spacial score (nSPS) is 24.3. The molecule has 2 N–H and O–H groups in total. The maximum absolute atomic E-state index is 12.6. The van der Waals surface area contributed by atoms with Gasteiger partial charge in [0.2, 0.25) is 0 Å². The van der Waals surface area contributed by atoms with Crippen LogP contribution in [0.4, 0.5) is 0 Å². The van der Waals surface area contributed by atoms with Gasteiger partial charge in [0.1, 0.15) is 0 Å². The topological polar surface area (TPSA) is 81.1 Å². The fourth-order valence-corrected chi connectivity index (χ4v) is 3.44. The molecule has 3 rings (SSSR count). The summed E-state index contributed by atoms with van der Waals surface area (Å²) in [4.78, 5) is 28.3. The molecular formula is C16H19BrN2O4. The molecule has 23 heavy (non-hydrogen) atoms. The van der Waals surface area contributed by atoms with Gasteiger partial charge in [-0.2, -0.15) is 0 Å². The molecule has 2 atom stereocenters. The van der Waals surface area contributed by atoms with E-state index in [0.29, 0.717) is 54.6 Å². The Hall–Kier alpha value is -1.44. The number of rotatable bonds is 2. The number of amides is 2. The lowest BCUT2D eigenvalue weighted by Gasteiger charge is -2.19. The molecule has 0 spiro atoms. The van der Waals surface area contributed by atoms with Gasteiger partial charge in [0.05, 0.1) is 17.8 Å². The number of halogens is 1. The van der Waals surface area contributed by atoms with Crippen molar-refractivity contribution in [2.75, 3.05) is 26.2 Å². The smallest absolute Gasteiger partial charge is 0.255 e. The van der Waals surface area contributed by atoms with Gasteiger partial charge in [-0.15, -0.1) is 0 Å². The third-order valence-corrected chi connectivity index (χ3v) is 5.04. The van der Waals surface area contributed by atoms with Crippen molar-refractivity contribution in [3.63, 3.8) is 0 Å². The molecule has 2 amide bonds. The van der Waals surface area contributed by atoms with Gasteiger partial charge in [0, 0.05) is 36.2 Å². The quantitative estimate of drug-likeness (QED) is 0.794. The van der Waals surface area contributed by atoms with E-state index in [2.05, 4.69) is 15.9 Å². The molecule has 0 aromatic heterocycles. The maximum atomic E-state index is 12.6. The van der Waals surface area contributed by atoms with E-state index < -0.39 is 12.2 Å². The van der Waals surface area contributed by atoms with Crippen molar-refractivity contribution in [1.29, 1.82) is 0 Å². The van der Waals surface area contributed by atoms with Crippen LogP contribution in [0.15, 0.2) is 22.7 Å². The summed E-state index contributed by atoms with van der Waals surface area (Å²) >= 11 is 3.36. The van der Waals surface area contributed by atoms with E-state index in [1.165, 1.54) is 0 Å². The molecule has 1 aromatic rings. The van der Waals surface area contributed by atoms with Crippen molar-refractivity contribution in [3.05, 3.63) is 33.8 Å². The monoisotopic (exact) mass is 382 g/mol. The Morgan fingerprint density at radius 3 is 2.09 bits per heavy atom. The van der Waals surface area contributed by atoms with Crippen molar-refractivity contribution in [2.24, 2.45) is 0 Å². The molecule has 2 aliphatic rings. The zero-order valence-electron chi connectivity index (χ0n) is 12.6. The number of carbonyl (C=O) groups is 2. The molecule has 0 aliphatic carbocycles. The van der Waals surface area contributed by atoms with E-state index in [0.717, 1.165) is 0 Å². The number of nitrogens with zero attached hydrogens (tertiary/aromatic N) is 2. The number of benzene rings is 1. The molecular weight excluding hydrogens is 364 g/mol. The summed E-state index contributed by atoms with van der Waals surface area (Å²) in [5.41, 5.74) is 0.857. The minimum absolute atomic E-state index is 0.176. The molecule has 124 valence electrons. The lowest BCUT2D eigenvalue weighted by Crippen LogP contribution is -2.31. The predicted molar refractivity (Wildman–Crippen MR) is 87.2 cm³/mol. The molecule has 0 radical (unpaired) electrons. The van der Waals surface area contributed by atoms with E-state index in [1.807, 2.05) is 0 Å². The minimum atomic E-state index is -0.478. The van der Waals surface area contributed by atoms with Crippen LogP contribution in [0, 0.1) is 0 Å². The first-order valence-electron chi connectivity index (χ1n) is 7.70. The fraction of sp³-hybridized carbons (Fsp3) is 0.500. The van der Waals surface area contributed by atoms with E-state index >= 15 is 0 Å². The Kier molecular flexibility index (Phi) is 4.70. The zero-order chi connectivity index (χ0) is 16.6. The van der Waals surface area contributed by atoms with Crippen LogP contribution in [0.3, 0.4) is 0 Å². The van der Waals surface area contributed by atoms with E-state index in [1.54, 1.807) is 28.0 Å². The SMILES string of the molecule is O=C(c1ccc(Br)c(C(=O)N2CC[C@@H](O)C2)c1)N1CC[C@@H](O)C1. The van der Waals surface area contributed by atoms with Crippen molar-refractivity contribution in [1.82, 2.24) is 9.80 Å². The Bertz CT molecular complexity index is 637. The van der Waals surface area contributed by atoms with Crippen molar-refractivity contribution in [3.8, 4) is 0 Å². The summed E-state index contributed by atoms with van der Waals surface area (Å²) in [5.74, 6) is -0.367. The van der Waals surface area contributed by atoms with Gasteiger partial charge in [0.15, 0.2) is 0 Å². The minimum Gasteiger partial charge on any atom is -0.391 e. The van der Waals surface area contributed by atoms with Crippen LogP contribution in [-0.2, 0) is 0 Å². The number of aliphatic hydroxyl groups excluding tert-OH is 2. The standard InChI is InChI=1S/C16H19BrN2O4/c17-14-2-1-10(15(22)18-5-3-11(20)8-18)7-13(14)16(23)19-6-4-12(21)9-19/h1-2,7,11-12,20-21H,3-6,8-9H2/t11-,12-/m1/s1. The Morgan fingerprint density at radius 2 is 1.57 bits per heavy atom. The molecule has 7 heteroatoms. The number of hydrogen-bond acceptors (Lipinski definition) is 4. The first-order chi connectivity index (χ1) is 11.0. The summed E-state index contributed by atoms with van der Waals surface area (Å²) < 4.78 is 0.627. The summed E-state index contributed by atoms with van der Waals surface area (Å²) in [5, 5.41) is 19.2. The van der Waals surface area contributed by atoms with E-state index in [4.69, 9.17) is 0 Å².